The highest BCUT2D eigenvalue weighted by Gasteiger charge is 2.15. The van der Waals surface area contributed by atoms with E-state index in [2.05, 4.69) is 23.6 Å². The minimum absolute atomic E-state index is 0.0569. The van der Waals surface area contributed by atoms with Crippen LogP contribution in [0.2, 0.25) is 0 Å². The standard InChI is InChI=1S/C19H22N2O3/c1-13(15-6-7-17-18(11-15)24-12-23-17)21-9-8-14-4-3-5-16(10-14)19(22)20-2/h3-7,10-11,13,21H,8-9,12H2,1-2H3,(H,20,22)/t13-/m1/s1. The molecule has 0 spiro atoms. The molecule has 5 nitrogen and oxygen atoms in total. The predicted molar refractivity (Wildman–Crippen MR) is 92.5 cm³/mol. The Balaban J connectivity index is 1.55. The van der Waals surface area contributed by atoms with E-state index in [9.17, 15) is 4.79 Å². The summed E-state index contributed by atoms with van der Waals surface area (Å²) in [5.74, 6) is 1.55. The molecule has 3 rings (SSSR count). The zero-order valence-electron chi connectivity index (χ0n) is 14.0. The third-order valence-electron chi connectivity index (χ3n) is 4.18. The van der Waals surface area contributed by atoms with Crippen molar-refractivity contribution >= 4 is 5.91 Å². The summed E-state index contributed by atoms with van der Waals surface area (Å²) in [5.41, 5.74) is 3.00. The summed E-state index contributed by atoms with van der Waals surface area (Å²) in [6, 6.07) is 13.9. The van der Waals surface area contributed by atoms with Crippen molar-refractivity contribution < 1.29 is 14.3 Å². The van der Waals surface area contributed by atoms with Crippen LogP contribution in [0, 0.1) is 0 Å². The van der Waals surface area contributed by atoms with Crippen molar-refractivity contribution in [2.75, 3.05) is 20.4 Å². The van der Waals surface area contributed by atoms with E-state index in [0.717, 1.165) is 30.0 Å². The Kier molecular flexibility index (Phi) is 5.01. The molecule has 0 saturated carbocycles. The van der Waals surface area contributed by atoms with E-state index < -0.39 is 0 Å². The van der Waals surface area contributed by atoms with Gasteiger partial charge in [0.1, 0.15) is 0 Å². The molecular formula is C19H22N2O3. The maximum absolute atomic E-state index is 11.7. The van der Waals surface area contributed by atoms with Crippen LogP contribution in [0.15, 0.2) is 42.5 Å². The van der Waals surface area contributed by atoms with Gasteiger partial charge in [-0.2, -0.15) is 0 Å². The Morgan fingerprint density at radius 1 is 1.17 bits per heavy atom. The normalized spacial score (nSPS) is 13.6. The molecule has 1 heterocycles. The van der Waals surface area contributed by atoms with Gasteiger partial charge in [-0.25, -0.2) is 0 Å². The summed E-state index contributed by atoms with van der Waals surface area (Å²) in [4.78, 5) is 11.7. The van der Waals surface area contributed by atoms with Crippen LogP contribution in [-0.2, 0) is 6.42 Å². The molecule has 0 radical (unpaired) electrons. The third-order valence-corrected chi connectivity index (χ3v) is 4.18. The third kappa shape index (κ3) is 3.68. The van der Waals surface area contributed by atoms with E-state index in [1.165, 1.54) is 5.56 Å². The molecule has 1 aliphatic rings. The summed E-state index contributed by atoms with van der Waals surface area (Å²) in [6.45, 7) is 3.24. The van der Waals surface area contributed by atoms with Gasteiger partial charge >= 0.3 is 0 Å². The molecule has 2 aromatic rings. The highest BCUT2D eigenvalue weighted by atomic mass is 16.7. The molecule has 2 N–H and O–H groups in total. The number of hydrogen-bond donors (Lipinski definition) is 2. The van der Waals surface area contributed by atoms with Crippen molar-refractivity contribution in [3.63, 3.8) is 0 Å². The van der Waals surface area contributed by atoms with Crippen LogP contribution in [0.1, 0.15) is 34.5 Å². The van der Waals surface area contributed by atoms with Crippen molar-refractivity contribution in [2.45, 2.75) is 19.4 Å². The first kappa shape index (κ1) is 16.3. The van der Waals surface area contributed by atoms with Crippen molar-refractivity contribution in [1.29, 1.82) is 0 Å². The van der Waals surface area contributed by atoms with Crippen LogP contribution in [0.5, 0.6) is 11.5 Å². The van der Waals surface area contributed by atoms with Gasteiger partial charge in [-0.05, 0) is 55.3 Å². The van der Waals surface area contributed by atoms with Crippen molar-refractivity contribution in [1.82, 2.24) is 10.6 Å². The lowest BCUT2D eigenvalue weighted by atomic mass is 10.1. The van der Waals surface area contributed by atoms with Crippen molar-refractivity contribution in [2.24, 2.45) is 0 Å². The minimum atomic E-state index is -0.0569. The van der Waals surface area contributed by atoms with Gasteiger partial charge in [-0.15, -0.1) is 0 Å². The van der Waals surface area contributed by atoms with E-state index >= 15 is 0 Å². The maximum atomic E-state index is 11.7. The van der Waals surface area contributed by atoms with E-state index in [1.807, 2.05) is 36.4 Å². The van der Waals surface area contributed by atoms with E-state index in [1.54, 1.807) is 7.05 Å². The first-order chi connectivity index (χ1) is 11.7. The highest BCUT2D eigenvalue weighted by Crippen LogP contribution is 2.34. The Labute approximate surface area is 142 Å². The first-order valence-corrected chi connectivity index (χ1v) is 8.11. The molecule has 24 heavy (non-hydrogen) atoms. The zero-order chi connectivity index (χ0) is 16.9. The number of rotatable bonds is 6. The number of benzene rings is 2. The molecule has 1 amide bonds. The number of amides is 1. The number of ether oxygens (including phenoxy) is 2. The van der Waals surface area contributed by atoms with Crippen molar-refractivity contribution in [3.05, 3.63) is 59.2 Å². The molecule has 1 atom stereocenters. The fraction of sp³-hybridized carbons (Fsp3) is 0.316. The average molecular weight is 326 g/mol. The van der Waals surface area contributed by atoms with Gasteiger partial charge in [-0.1, -0.05) is 18.2 Å². The number of carbonyl (C=O) groups is 1. The molecule has 1 aliphatic heterocycles. The summed E-state index contributed by atoms with van der Waals surface area (Å²) in [7, 11) is 1.64. The van der Waals surface area contributed by atoms with Crippen LogP contribution >= 0.6 is 0 Å². The smallest absolute Gasteiger partial charge is 0.251 e. The Morgan fingerprint density at radius 3 is 2.83 bits per heavy atom. The molecular weight excluding hydrogens is 304 g/mol. The topological polar surface area (TPSA) is 59.6 Å². The van der Waals surface area contributed by atoms with Gasteiger partial charge in [0.05, 0.1) is 0 Å². The fourth-order valence-corrected chi connectivity index (χ4v) is 2.75. The summed E-state index contributed by atoms with van der Waals surface area (Å²) >= 11 is 0. The molecule has 0 unspecified atom stereocenters. The average Bonchev–Trinajstić information content (AvgIpc) is 3.09. The molecule has 0 aliphatic carbocycles. The van der Waals surface area contributed by atoms with E-state index in [0.29, 0.717) is 12.4 Å². The van der Waals surface area contributed by atoms with Gasteiger partial charge in [0.2, 0.25) is 6.79 Å². The van der Waals surface area contributed by atoms with Crippen LogP contribution in [-0.4, -0.2) is 26.3 Å². The number of nitrogens with one attached hydrogen (secondary N) is 2. The predicted octanol–water partition coefficient (Wildman–Crippen LogP) is 2.67. The van der Waals surface area contributed by atoms with E-state index in [-0.39, 0.29) is 11.9 Å². The molecule has 0 aromatic heterocycles. The lowest BCUT2D eigenvalue weighted by Crippen LogP contribution is -2.22. The van der Waals surface area contributed by atoms with Crippen LogP contribution in [0.4, 0.5) is 0 Å². The largest absolute Gasteiger partial charge is 0.454 e. The Morgan fingerprint density at radius 2 is 2.00 bits per heavy atom. The minimum Gasteiger partial charge on any atom is -0.454 e. The van der Waals surface area contributed by atoms with Gasteiger partial charge in [0, 0.05) is 18.7 Å². The van der Waals surface area contributed by atoms with Gasteiger partial charge in [-0.3, -0.25) is 4.79 Å². The van der Waals surface area contributed by atoms with Gasteiger partial charge in [0.25, 0.3) is 5.91 Å². The second kappa shape index (κ2) is 7.36. The molecule has 0 fully saturated rings. The number of carbonyl (C=O) groups excluding carboxylic acids is 1. The highest BCUT2D eigenvalue weighted by molar-refractivity contribution is 5.94. The fourth-order valence-electron chi connectivity index (χ4n) is 2.75. The van der Waals surface area contributed by atoms with Crippen LogP contribution in [0.3, 0.4) is 0 Å². The number of hydrogen-bond acceptors (Lipinski definition) is 4. The lowest BCUT2D eigenvalue weighted by molar-refractivity contribution is 0.0963. The summed E-state index contributed by atoms with van der Waals surface area (Å²) < 4.78 is 10.8. The quantitative estimate of drug-likeness (QED) is 0.857. The van der Waals surface area contributed by atoms with Crippen molar-refractivity contribution in [3.8, 4) is 11.5 Å². The molecule has 126 valence electrons. The first-order valence-electron chi connectivity index (χ1n) is 8.11. The van der Waals surface area contributed by atoms with Crippen LogP contribution in [0.25, 0.3) is 0 Å². The zero-order valence-corrected chi connectivity index (χ0v) is 14.0. The van der Waals surface area contributed by atoms with Crippen LogP contribution < -0.4 is 20.1 Å². The SMILES string of the molecule is CNC(=O)c1cccc(CCN[C@H](C)c2ccc3c(c2)OCO3)c1. The monoisotopic (exact) mass is 326 g/mol. The van der Waals surface area contributed by atoms with Gasteiger partial charge < -0.3 is 20.1 Å². The molecule has 0 bridgehead atoms. The second-order valence-electron chi connectivity index (χ2n) is 5.82. The van der Waals surface area contributed by atoms with E-state index in [4.69, 9.17) is 9.47 Å². The molecule has 0 saturated heterocycles. The number of fused-ring (bicyclic) bond motifs is 1. The summed E-state index contributed by atoms with van der Waals surface area (Å²) in [6.07, 6.45) is 0.861. The summed E-state index contributed by atoms with van der Waals surface area (Å²) in [5, 5.41) is 6.15. The lowest BCUT2D eigenvalue weighted by Gasteiger charge is -2.15. The Bertz CT molecular complexity index is 730. The maximum Gasteiger partial charge on any atom is 0.251 e. The van der Waals surface area contributed by atoms with Gasteiger partial charge in [0.15, 0.2) is 11.5 Å². The molecule has 2 aromatic carbocycles. The Hall–Kier alpha value is -2.53. The molecule has 5 heteroatoms. The second-order valence-corrected chi connectivity index (χ2v) is 5.82.